The van der Waals surface area contributed by atoms with Crippen molar-refractivity contribution in [1.82, 2.24) is 0 Å². The fourth-order valence-electron chi connectivity index (χ4n) is 4.00. The summed E-state index contributed by atoms with van der Waals surface area (Å²) >= 11 is 0. The lowest BCUT2D eigenvalue weighted by Gasteiger charge is -2.14. The van der Waals surface area contributed by atoms with E-state index in [1.54, 1.807) is 24.3 Å². The van der Waals surface area contributed by atoms with Crippen LogP contribution in [0.3, 0.4) is 0 Å². The van der Waals surface area contributed by atoms with Gasteiger partial charge in [0.05, 0.1) is 23.9 Å². The summed E-state index contributed by atoms with van der Waals surface area (Å²) in [4.78, 5) is 11.2. The summed E-state index contributed by atoms with van der Waals surface area (Å²) in [5, 5.41) is 0. The minimum atomic E-state index is -3.43. The van der Waals surface area contributed by atoms with Crippen molar-refractivity contribution in [1.29, 1.82) is 0 Å². The SMILES string of the molecule is CC(=O)CCCOCCS(=O)(=O)c1ccc(OCCc2cccc(-c3ccccc3C(C)C)c2)cc1. The lowest BCUT2D eigenvalue weighted by Crippen LogP contribution is -2.13. The van der Waals surface area contributed by atoms with Crippen LogP contribution in [0, 0.1) is 0 Å². The number of rotatable bonds is 14. The van der Waals surface area contributed by atoms with Crippen molar-refractivity contribution >= 4 is 15.6 Å². The first-order chi connectivity index (χ1) is 17.3. The Hall–Kier alpha value is -2.96. The van der Waals surface area contributed by atoms with Gasteiger partial charge >= 0.3 is 0 Å². The van der Waals surface area contributed by atoms with Gasteiger partial charge in [0.2, 0.25) is 0 Å². The Labute approximate surface area is 215 Å². The average molecular weight is 509 g/mol. The second kappa shape index (κ2) is 13.4. The third-order valence-electron chi connectivity index (χ3n) is 5.98. The van der Waals surface area contributed by atoms with Gasteiger partial charge in [0.1, 0.15) is 11.5 Å². The number of benzene rings is 3. The first-order valence-electron chi connectivity index (χ1n) is 12.5. The molecule has 0 unspecified atom stereocenters. The van der Waals surface area contributed by atoms with Crippen molar-refractivity contribution in [3.8, 4) is 16.9 Å². The van der Waals surface area contributed by atoms with Crippen molar-refractivity contribution in [2.75, 3.05) is 25.6 Å². The first kappa shape index (κ1) is 27.6. The molecule has 0 amide bonds. The average Bonchev–Trinajstić information content (AvgIpc) is 2.86. The van der Waals surface area contributed by atoms with Crippen LogP contribution < -0.4 is 4.74 Å². The van der Waals surface area contributed by atoms with Crippen LogP contribution in [0.25, 0.3) is 11.1 Å². The Morgan fingerprint density at radius 1 is 0.889 bits per heavy atom. The molecule has 0 aliphatic rings. The van der Waals surface area contributed by atoms with E-state index in [2.05, 4.69) is 62.4 Å². The Morgan fingerprint density at radius 3 is 2.36 bits per heavy atom. The van der Waals surface area contributed by atoms with Crippen molar-refractivity contribution in [2.45, 2.75) is 50.8 Å². The van der Waals surface area contributed by atoms with Crippen LogP contribution in [0.1, 0.15) is 50.7 Å². The van der Waals surface area contributed by atoms with Gasteiger partial charge in [-0.25, -0.2) is 8.42 Å². The molecule has 5 nitrogen and oxygen atoms in total. The number of carbonyl (C=O) groups is 1. The molecule has 0 saturated heterocycles. The monoisotopic (exact) mass is 508 g/mol. The van der Waals surface area contributed by atoms with Gasteiger partial charge in [0.15, 0.2) is 9.84 Å². The number of carbonyl (C=O) groups excluding carboxylic acids is 1. The second-order valence-corrected chi connectivity index (χ2v) is 11.4. The summed E-state index contributed by atoms with van der Waals surface area (Å²) in [7, 11) is -3.43. The number of Topliss-reactive ketones (excluding diaryl/α,β-unsaturated/α-hetero) is 1. The van der Waals surface area contributed by atoms with Crippen LogP contribution in [0.15, 0.2) is 77.7 Å². The van der Waals surface area contributed by atoms with Crippen molar-refractivity contribution in [2.24, 2.45) is 0 Å². The fourth-order valence-corrected chi connectivity index (χ4v) is 5.12. The molecule has 0 radical (unpaired) electrons. The van der Waals surface area contributed by atoms with Gasteiger partial charge in [-0.2, -0.15) is 0 Å². The Balaban J connectivity index is 1.50. The highest BCUT2D eigenvalue weighted by Gasteiger charge is 2.14. The predicted molar refractivity (Wildman–Crippen MR) is 144 cm³/mol. The van der Waals surface area contributed by atoms with Crippen LogP contribution in [0.4, 0.5) is 0 Å². The molecule has 3 aromatic rings. The van der Waals surface area contributed by atoms with Crippen molar-refractivity contribution in [3.05, 3.63) is 83.9 Å². The minimum Gasteiger partial charge on any atom is -0.493 e. The van der Waals surface area contributed by atoms with Gasteiger partial charge in [0, 0.05) is 19.4 Å². The van der Waals surface area contributed by atoms with Crippen LogP contribution in [0.2, 0.25) is 0 Å². The summed E-state index contributed by atoms with van der Waals surface area (Å²) in [6.07, 6.45) is 1.81. The number of ketones is 1. The molecule has 0 aliphatic heterocycles. The molecule has 0 atom stereocenters. The molecular formula is C30H36O5S. The van der Waals surface area contributed by atoms with Crippen molar-refractivity contribution in [3.63, 3.8) is 0 Å². The largest absolute Gasteiger partial charge is 0.493 e. The lowest BCUT2D eigenvalue weighted by molar-refractivity contribution is -0.117. The summed E-state index contributed by atoms with van der Waals surface area (Å²) < 4.78 is 36.3. The normalized spacial score (nSPS) is 11.6. The third kappa shape index (κ3) is 8.32. The Morgan fingerprint density at radius 2 is 1.64 bits per heavy atom. The molecule has 36 heavy (non-hydrogen) atoms. The molecular weight excluding hydrogens is 472 g/mol. The summed E-state index contributed by atoms with van der Waals surface area (Å²) in [5.74, 6) is 1.10. The molecule has 0 spiro atoms. The van der Waals surface area contributed by atoms with E-state index in [9.17, 15) is 13.2 Å². The van der Waals surface area contributed by atoms with Crippen LogP contribution in [0.5, 0.6) is 5.75 Å². The maximum atomic E-state index is 12.5. The fraction of sp³-hybridized carbons (Fsp3) is 0.367. The third-order valence-corrected chi connectivity index (χ3v) is 7.67. The molecule has 0 aliphatic carbocycles. The zero-order valence-corrected chi connectivity index (χ0v) is 22.2. The topological polar surface area (TPSA) is 69.7 Å². The van der Waals surface area contributed by atoms with E-state index >= 15 is 0 Å². The zero-order valence-electron chi connectivity index (χ0n) is 21.4. The maximum absolute atomic E-state index is 12.5. The van der Waals surface area contributed by atoms with Gasteiger partial charge in [-0.15, -0.1) is 0 Å². The molecule has 0 N–H and O–H groups in total. The molecule has 0 bridgehead atoms. The smallest absolute Gasteiger partial charge is 0.180 e. The van der Waals surface area contributed by atoms with E-state index in [4.69, 9.17) is 9.47 Å². The molecule has 3 aromatic carbocycles. The highest BCUT2D eigenvalue weighted by molar-refractivity contribution is 7.91. The van der Waals surface area contributed by atoms with E-state index < -0.39 is 9.84 Å². The minimum absolute atomic E-state index is 0.0937. The zero-order chi connectivity index (χ0) is 26.0. The van der Waals surface area contributed by atoms with E-state index in [1.165, 1.54) is 29.2 Å². The van der Waals surface area contributed by atoms with Crippen LogP contribution >= 0.6 is 0 Å². The van der Waals surface area contributed by atoms with E-state index in [1.807, 2.05) is 0 Å². The predicted octanol–water partition coefficient (Wildman–Crippen LogP) is 6.26. The van der Waals surface area contributed by atoms with Crippen LogP contribution in [-0.4, -0.2) is 39.8 Å². The lowest BCUT2D eigenvalue weighted by atomic mass is 9.92. The van der Waals surface area contributed by atoms with E-state index in [0.717, 1.165) is 6.42 Å². The standard InChI is InChI=1S/C30H36O5S/c1-23(2)29-11-4-5-12-30(29)26-10-6-9-25(22-26)17-19-35-27-13-15-28(16-14-27)36(32,33)21-20-34-18-7-8-24(3)31/h4-6,9-16,22-23H,7-8,17-21H2,1-3H3. The van der Waals surface area contributed by atoms with Crippen molar-refractivity contribution < 1.29 is 22.7 Å². The molecule has 0 saturated carbocycles. The number of hydrogen-bond acceptors (Lipinski definition) is 5. The molecule has 192 valence electrons. The molecule has 6 heteroatoms. The van der Waals surface area contributed by atoms with E-state index in [0.29, 0.717) is 37.7 Å². The first-order valence-corrected chi connectivity index (χ1v) is 14.1. The molecule has 0 aromatic heterocycles. The molecule has 0 fully saturated rings. The Kier molecular flexibility index (Phi) is 10.3. The Bertz CT molecular complexity index is 1230. The quantitative estimate of drug-likeness (QED) is 0.241. The summed E-state index contributed by atoms with van der Waals surface area (Å²) in [5.41, 5.74) is 4.98. The van der Waals surface area contributed by atoms with Crippen LogP contribution in [-0.2, 0) is 25.8 Å². The van der Waals surface area contributed by atoms with Gasteiger partial charge in [-0.1, -0.05) is 62.4 Å². The number of ether oxygens (including phenoxy) is 2. The second-order valence-electron chi connectivity index (χ2n) is 9.25. The molecule has 0 heterocycles. The van der Waals surface area contributed by atoms with Gasteiger partial charge < -0.3 is 14.3 Å². The number of hydrogen-bond donors (Lipinski definition) is 0. The maximum Gasteiger partial charge on any atom is 0.180 e. The van der Waals surface area contributed by atoms with E-state index in [-0.39, 0.29) is 23.0 Å². The highest BCUT2D eigenvalue weighted by atomic mass is 32.2. The van der Waals surface area contributed by atoms with Gasteiger partial charge in [-0.3, -0.25) is 0 Å². The number of sulfone groups is 1. The van der Waals surface area contributed by atoms with Gasteiger partial charge in [-0.05, 0) is 65.8 Å². The highest BCUT2D eigenvalue weighted by Crippen LogP contribution is 2.29. The summed E-state index contributed by atoms with van der Waals surface area (Å²) in [6, 6.07) is 23.6. The summed E-state index contributed by atoms with van der Waals surface area (Å²) in [6.45, 7) is 6.94. The van der Waals surface area contributed by atoms with Gasteiger partial charge in [0.25, 0.3) is 0 Å². The molecule has 3 rings (SSSR count).